The van der Waals surface area contributed by atoms with Crippen LogP contribution in [-0.4, -0.2) is 26.2 Å². The number of fused-ring (bicyclic) bond motifs is 8. The van der Waals surface area contributed by atoms with Crippen molar-refractivity contribution in [3.63, 3.8) is 0 Å². The van der Waals surface area contributed by atoms with Gasteiger partial charge < -0.3 is 9.97 Å². The SMILES string of the molecule is CSc1ccc(-c2c3nc(cc4ccc(cc5nc(cc6ccc2[nH]6)C=C5)[nH]4)C=C3)cc1. The fourth-order valence-electron chi connectivity index (χ4n) is 4.07. The van der Waals surface area contributed by atoms with E-state index < -0.39 is 0 Å². The molecule has 0 spiro atoms. The molecule has 0 amide bonds. The van der Waals surface area contributed by atoms with Crippen LogP contribution in [0.1, 0.15) is 22.8 Å². The molecule has 4 nitrogen and oxygen atoms in total. The molecular formula is C27H20N4S. The second-order valence-corrected chi connectivity index (χ2v) is 8.66. The lowest BCUT2D eigenvalue weighted by Crippen LogP contribution is -1.85. The first-order valence-electron chi connectivity index (χ1n) is 10.5. The van der Waals surface area contributed by atoms with Gasteiger partial charge in [-0.05, 0) is 90.7 Å². The van der Waals surface area contributed by atoms with Gasteiger partial charge in [0.05, 0.1) is 22.8 Å². The topological polar surface area (TPSA) is 57.4 Å². The van der Waals surface area contributed by atoms with Crippen molar-refractivity contribution in [2.45, 2.75) is 4.90 Å². The Labute approximate surface area is 189 Å². The zero-order valence-corrected chi connectivity index (χ0v) is 18.3. The Balaban J connectivity index is 1.68. The standard InChI is InChI=1S/C27H20N4S/c1-32-24-10-2-17(3-11-24)27-25-12-8-22(30-25)15-20-6-4-18(28-20)14-19-5-7-21(29-19)16-23-9-13-26(27)31-23/h2-16,28,31H,1H3. The molecule has 32 heavy (non-hydrogen) atoms. The highest BCUT2D eigenvalue weighted by Gasteiger charge is 2.11. The minimum absolute atomic E-state index is 0.922. The molecule has 0 saturated heterocycles. The fraction of sp³-hybridized carbons (Fsp3) is 0.0370. The van der Waals surface area contributed by atoms with Gasteiger partial charge in [0.2, 0.25) is 0 Å². The van der Waals surface area contributed by atoms with Gasteiger partial charge in [0.15, 0.2) is 0 Å². The number of nitrogens with one attached hydrogen (secondary N) is 2. The first-order valence-corrected chi connectivity index (χ1v) is 11.7. The quantitative estimate of drug-likeness (QED) is 0.288. The summed E-state index contributed by atoms with van der Waals surface area (Å²) in [5, 5.41) is 0. The van der Waals surface area contributed by atoms with Crippen LogP contribution in [0.5, 0.6) is 0 Å². The van der Waals surface area contributed by atoms with Crippen LogP contribution in [0.4, 0.5) is 0 Å². The molecule has 3 aromatic heterocycles. The van der Waals surface area contributed by atoms with Crippen LogP contribution < -0.4 is 0 Å². The first kappa shape index (κ1) is 18.9. The Morgan fingerprint density at radius 1 is 0.625 bits per heavy atom. The van der Waals surface area contributed by atoms with Crippen molar-refractivity contribution in [2.75, 3.05) is 6.26 Å². The lowest BCUT2D eigenvalue weighted by atomic mass is 10.0. The molecule has 5 heterocycles. The predicted molar refractivity (Wildman–Crippen MR) is 136 cm³/mol. The molecule has 8 bridgehead atoms. The molecule has 0 aliphatic carbocycles. The van der Waals surface area contributed by atoms with E-state index in [0.717, 1.165) is 56.0 Å². The third-order valence-corrected chi connectivity index (χ3v) is 6.34. The van der Waals surface area contributed by atoms with Gasteiger partial charge in [-0.2, -0.15) is 0 Å². The van der Waals surface area contributed by atoms with Crippen molar-refractivity contribution >= 4 is 58.1 Å². The first-order chi connectivity index (χ1) is 15.7. The molecule has 2 aliphatic heterocycles. The summed E-state index contributed by atoms with van der Waals surface area (Å²) >= 11 is 1.74. The van der Waals surface area contributed by atoms with E-state index >= 15 is 0 Å². The average molecular weight is 433 g/mol. The monoisotopic (exact) mass is 432 g/mol. The molecule has 2 N–H and O–H groups in total. The lowest BCUT2D eigenvalue weighted by molar-refractivity contribution is 1.31. The van der Waals surface area contributed by atoms with E-state index in [2.05, 4.69) is 95.1 Å². The molecule has 0 unspecified atom stereocenters. The van der Waals surface area contributed by atoms with Crippen LogP contribution >= 0.6 is 11.8 Å². The van der Waals surface area contributed by atoms with Crippen molar-refractivity contribution in [3.8, 4) is 11.1 Å². The van der Waals surface area contributed by atoms with Crippen LogP contribution in [-0.2, 0) is 0 Å². The summed E-state index contributed by atoms with van der Waals surface area (Å²) in [6.07, 6.45) is 10.3. The summed E-state index contributed by atoms with van der Waals surface area (Å²) in [5.74, 6) is 0. The minimum atomic E-state index is 0.922. The Morgan fingerprint density at radius 2 is 1.22 bits per heavy atom. The van der Waals surface area contributed by atoms with Gasteiger partial charge in [0.25, 0.3) is 0 Å². The highest BCUT2D eigenvalue weighted by Crippen LogP contribution is 2.31. The number of benzene rings is 1. The van der Waals surface area contributed by atoms with Crippen molar-refractivity contribution in [2.24, 2.45) is 0 Å². The van der Waals surface area contributed by atoms with Gasteiger partial charge in [-0.25, -0.2) is 9.97 Å². The van der Waals surface area contributed by atoms with Crippen LogP contribution in [0.3, 0.4) is 0 Å². The van der Waals surface area contributed by atoms with Gasteiger partial charge >= 0.3 is 0 Å². The zero-order chi connectivity index (χ0) is 21.5. The number of hydrogen-bond acceptors (Lipinski definition) is 3. The molecule has 1 aromatic carbocycles. The van der Waals surface area contributed by atoms with Crippen molar-refractivity contribution in [1.29, 1.82) is 0 Å². The Bertz CT molecular complexity index is 1550. The normalized spacial score (nSPS) is 12.4. The van der Waals surface area contributed by atoms with E-state index in [4.69, 9.17) is 9.97 Å². The van der Waals surface area contributed by atoms with Gasteiger partial charge in [-0.3, -0.25) is 0 Å². The van der Waals surface area contributed by atoms with Crippen molar-refractivity contribution in [1.82, 2.24) is 19.9 Å². The maximum atomic E-state index is 4.95. The summed E-state index contributed by atoms with van der Waals surface area (Å²) < 4.78 is 0. The number of aromatic nitrogens is 4. The molecule has 6 rings (SSSR count). The molecule has 154 valence electrons. The Morgan fingerprint density at radius 3 is 1.91 bits per heavy atom. The minimum Gasteiger partial charge on any atom is -0.355 e. The summed E-state index contributed by atoms with van der Waals surface area (Å²) in [5.41, 5.74) is 10.0. The third-order valence-electron chi connectivity index (χ3n) is 5.60. The molecule has 4 aromatic rings. The highest BCUT2D eigenvalue weighted by molar-refractivity contribution is 7.98. The molecule has 0 saturated carbocycles. The van der Waals surface area contributed by atoms with E-state index in [1.165, 1.54) is 4.90 Å². The maximum absolute atomic E-state index is 4.95. The average Bonchev–Trinajstić information content (AvgIpc) is 3.60. The Hall–Kier alpha value is -3.83. The van der Waals surface area contributed by atoms with Gasteiger partial charge in [-0.1, -0.05) is 12.1 Å². The van der Waals surface area contributed by atoms with Gasteiger partial charge in [-0.15, -0.1) is 11.8 Å². The largest absolute Gasteiger partial charge is 0.355 e. The molecule has 0 radical (unpaired) electrons. The van der Waals surface area contributed by atoms with Crippen molar-refractivity contribution < 1.29 is 0 Å². The predicted octanol–water partition coefficient (Wildman–Crippen LogP) is 7.04. The van der Waals surface area contributed by atoms with Crippen LogP contribution in [0, 0.1) is 0 Å². The molecule has 5 heteroatoms. The third kappa shape index (κ3) is 3.57. The lowest BCUT2D eigenvalue weighted by Gasteiger charge is -2.05. The maximum Gasteiger partial charge on any atom is 0.0736 e. The number of nitrogens with zero attached hydrogens (tertiary/aromatic N) is 2. The van der Waals surface area contributed by atoms with Gasteiger partial charge in [0.1, 0.15) is 0 Å². The zero-order valence-electron chi connectivity index (χ0n) is 17.5. The molecule has 0 atom stereocenters. The molecule has 2 aliphatic rings. The van der Waals surface area contributed by atoms with Crippen molar-refractivity contribution in [3.05, 3.63) is 89.5 Å². The second kappa shape index (κ2) is 7.70. The molecular weight excluding hydrogens is 412 g/mol. The number of hydrogen-bond donors (Lipinski definition) is 2. The summed E-state index contributed by atoms with van der Waals surface area (Å²) in [6, 6.07) is 23.2. The number of H-pyrrole nitrogens is 2. The highest BCUT2D eigenvalue weighted by atomic mass is 32.2. The summed E-state index contributed by atoms with van der Waals surface area (Å²) in [6.45, 7) is 0. The smallest absolute Gasteiger partial charge is 0.0736 e. The summed E-state index contributed by atoms with van der Waals surface area (Å²) in [7, 11) is 0. The van der Waals surface area contributed by atoms with Crippen LogP contribution in [0.2, 0.25) is 0 Å². The van der Waals surface area contributed by atoms with Gasteiger partial charge in [0, 0.05) is 32.5 Å². The summed E-state index contributed by atoms with van der Waals surface area (Å²) in [4.78, 5) is 17.9. The number of aromatic amines is 2. The van der Waals surface area contributed by atoms with Crippen LogP contribution in [0.15, 0.2) is 71.6 Å². The van der Waals surface area contributed by atoms with E-state index in [-0.39, 0.29) is 0 Å². The number of rotatable bonds is 2. The van der Waals surface area contributed by atoms with E-state index in [1.807, 2.05) is 12.2 Å². The second-order valence-electron chi connectivity index (χ2n) is 7.78. The number of thioether (sulfide) groups is 1. The fourth-order valence-corrected chi connectivity index (χ4v) is 4.48. The van der Waals surface area contributed by atoms with E-state index in [0.29, 0.717) is 0 Å². The van der Waals surface area contributed by atoms with Crippen LogP contribution in [0.25, 0.3) is 57.5 Å². The molecule has 0 fully saturated rings. The van der Waals surface area contributed by atoms with E-state index in [9.17, 15) is 0 Å². The Kier molecular flexibility index (Phi) is 4.55. The van der Waals surface area contributed by atoms with E-state index in [1.54, 1.807) is 11.8 Å².